The molecule has 0 spiro atoms. The molecule has 5 unspecified atom stereocenters. The van der Waals surface area contributed by atoms with Crippen LogP contribution in [0, 0.1) is 0 Å². The summed E-state index contributed by atoms with van der Waals surface area (Å²) in [5, 5.41) is 3.45. The van der Waals surface area contributed by atoms with Crippen LogP contribution in [0.5, 0.6) is 0 Å². The minimum Gasteiger partial charge on any atom is -0.377 e. The summed E-state index contributed by atoms with van der Waals surface area (Å²) >= 11 is 0. The summed E-state index contributed by atoms with van der Waals surface area (Å²) < 4.78 is 17.9. The summed E-state index contributed by atoms with van der Waals surface area (Å²) in [5.74, 6) is 0. The van der Waals surface area contributed by atoms with Crippen molar-refractivity contribution in [2.45, 2.75) is 71.1 Å². The molecule has 0 aromatic rings. The first kappa shape index (κ1) is 18.1. The lowest BCUT2D eigenvalue weighted by Gasteiger charge is -2.39. The SMILES string of the molecule is CC(CC1(C)CNCC(C)O1)OCCN1CC(C)OC(C)C1. The van der Waals surface area contributed by atoms with Gasteiger partial charge in [0.2, 0.25) is 0 Å². The van der Waals surface area contributed by atoms with Gasteiger partial charge in [0.1, 0.15) is 0 Å². The summed E-state index contributed by atoms with van der Waals surface area (Å²) in [7, 11) is 0. The number of hydrogen-bond donors (Lipinski definition) is 1. The normalized spacial score (nSPS) is 38.9. The Labute approximate surface area is 135 Å². The molecule has 0 aromatic carbocycles. The van der Waals surface area contributed by atoms with Gasteiger partial charge in [-0.25, -0.2) is 0 Å². The maximum atomic E-state index is 6.10. The molecule has 22 heavy (non-hydrogen) atoms. The molecule has 0 amide bonds. The third-order valence-electron chi connectivity index (χ3n) is 4.44. The van der Waals surface area contributed by atoms with Gasteiger partial charge in [-0.1, -0.05) is 0 Å². The van der Waals surface area contributed by atoms with Crippen LogP contribution in [0.1, 0.15) is 41.0 Å². The van der Waals surface area contributed by atoms with Crippen molar-refractivity contribution in [2.24, 2.45) is 0 Å². The number of nitrogens with zero attached hydrogens (tertiary/aromatic N) is 1. The second-order valence-electron chi connectivity index (χ2n) is 7.41. The number of morpholine rings is 2. The van der Waals surface area contributed by atoms with Gasteiger partial charge in [0.15, 0.2) is 0 Å². The van der Waals surface area contributed by atoms with E-state index in [1.54, 1.807) is 0 Å². The smallest absolute Gasteiger partial charge is 0.0807 e. The first-order chi connectivity index (χ1) is 10.4. The minimum atomic E-state index is -0.112. The van der Waals surface area contributed by atoms with Gasteiger partial charge in [0.25, 0.3) is 0 Å². The van der Waals surface area contributed by atoms with Gasteiger partial charge in [-0.2, -0.15) is 0 Å². The Balaban J connectivity index is 1.66. The van der Waals surface area contributed by atoms with E-state index in [9.17, 15) is 0 Å². The lowest BCUT2D eigenvalue weighted by atomic mass is 9.96. The van der Waals surface area contributed by atoms with Crippen molar-refractivity contribution in [1.82, 2.24) is 10.2 Å². The van der Waals surface area contributed by atoms with Gasteiger partial charge < -0.3 is 19.5 Å². The zero-order valence-corrected chi connectivity index (χ0v) is 14.9. The summed E-state index contributed by atoms with van der Waals surface area (Å²) in [5.41, 5.74) is -0.112. The predicted molar refractivity (Wildman–Crippen MR) is 88.3 cm³/mol. The monoisotopic (exact) mass is 314 g/mol. The number of rotatable bonds is 6. The quantitative estimate of drug-likeness (QED) is 0.808. The first-order valence-electron chi connectivity index (χ1n) is 8.74. The predicted octanol–water partition coefficient (Wildman–Crippen LogP) is 1.66. The van der Waals surface area contributed by atoms with E-state index in [1.807, 2.05) is 0 Å². The maximum absolute atomic E-state index is 6.10. The fraction of sp³-hybridized carbons (Fsp3) is 1.00. The second kappa shape index (κ2) is 8.06. The zero-order valence-electron chi connectivity index (χ0n) is 14.9. The molecule has 130 valence electrons. The maximum Gasteiger partial charge on any atom is 0.0807 e. The van der Waals surface area contributed by atoms with E-state index < -0.39 is 0 Å². The molecule has 2 aliphatic heterocycles. The molecule has 2 heterocycles. The van der Waals surface area contributed by atoms with Gasteiger partial charge in [0, 0.05) is 39.1 Å². The number of hydrogen-bond acceptors (Lipinski definition) is 5. The largest absolute Gasteiger partial charge is 0.377 e. The third kappa shape index (κ3) is 5.78. The number of ether oxygens (including phenoxy) is 3. The molecule has 1 N–H and O–H groups in total. The van der Waals surface area contributed by atoms with Gasteiger partial charge in [-0.05, 0) is 34.6 Å². The summed E-state index contributed by atoms with van der Waals surface area (Å²) in [4.78, 5) is 2.44. The molecule has 0 aliphatic carbocycles. The molecule has 2 saturated heterocycles. The zero-order chi connectivity index (χ0) is 16.2. The van der Waals surface area contributed by atoms with Crippen LogP contribution in [0.3, 0.4) is 0 Å². The molecule has 5 heteroatoms. The van der Waals surface area contributed by atoms with Gasteiger partial charge in [-0.3, -0.25) is 4.90 Å². The van der Waals surface area contributed by atoms with Crippen molar-refractivity contribution >= 4 is 0 Å². The Morgan fingerprint density at radius 3 is 2.55 bits per heavy atom. The van der Waals surface area contributed by atoms with Crippen molar-refractivity contribution in [3.8, 4) is 0 Å². The highest BCUT2D eigenvalue weighted by Gasteiger charge is 2.33. The lowest BCUT2D eigenvalue weighted by Crippen LogP contribution is -2.52. The van der Waals surface area contributed by atoms with Crippen molar-refractivity contribution in [3.63, 3.8) is 0 Å². The van der Waals surface area contributed by atoms with Crippen molar-refractivity contribution in [2.75, 3.05) is 39.3 Å². The van der Waals surface area contributed by atoms with E-state index in [1.165, 1.54) is 0 Å². The Bertz CT molecular complexity index is 332. The lowest BCUT2D eigenvalue weighted by molar-refractivity contribution is -0.124. The van der Waals surface area contributed by atoms with E-state index in [0.717, 1.165) is 45.8 Å². The van der Waals surface area contributed by atoms with E-state index in [-0.39, 0.29) is 17.8 Å². The highest BCUT2D eigenvalue weighted by molar-refractivity contribution is 4.86. The van der Waals surface area contributed by atoms with Crippen LogP contribution in [-0.2, 0) is 14.2 Å². The fourth-order valence-electron chi connectivity index (χ4n) is 3.75. The minimum absolute atomic E-state index is 0.112. The van der Waals surface area contributed by atoms with E-state index in [2.05, 4.69) is 44.8 Å². The molecule has 2 aliphatic rings. The van der Waals surface area contributed by atoms with E-state index >= 15 is 0 Å². The third-order valence-corrected chi connectivity index (χ3v) is 4.44. The van der Waals surface area contributed by atoms with Crippen LogP contribution < -0.4 is 5.32 Å². The van der Waals surface area contributed by atoms with E-state index in [0.29, 0.717) is 12.2 Å². The molecule has 0 radical (unpaired) electrons. The van der Waals surface area contributed by atoms with Crippen molar-refractivity contribution in [1.29, 1.82) is 0 Å². The Morgan fingerprint density at radius 2 is 1.91 bits per heavy atom. The molecular formula is C17H34N2O3. The van der Waals surface area contributed by atoms with Crippen LogP contribution in [0.25, 0.3) is 0 Å². The van der Waals surface area contributed by atoms with Gasteiger partial charge >= 0.3 is 0 Å². The second-order valence-corrected chi connectivity index (χ2v) is 7.41. The summed E-state index contributed by atoms with van der Waals surface area (Å²) in [6, 6.07) is 0. The molecule has 2 fully saturated rings. The molecule has 5 nitrogen and oxygen atoms in total. The average molecular weight is 314 g/mol. The first-order valence-corrected chi connectivity index (χ1v) is 8.74. The number of nitrogens with one attached hydrogen (secondary N) is 1. The van der Waals surface area contributed by atoms with Crippen LogP contribution >= 0.6 is 0 Å². The molecule has 0 aromatic heterocycles. The highest BCUT2D eigenvalue weighted by atomic mass is 16.5. The fourth-order valence-corrected chi connectivity index (χ4v) is 3.75. The molecule has 2 rings (SSSR count). The molecule has 5 atom stereocenters. The van der Waals surface area contributed by atoms with Gasteiger partial charge in [-0.15, -0.1) is 0 Å². The van der Waals surface area contributed by atoms with Crippen LogP contribution in [0.4, 0.5) is 0 Å². The highest BCUT2D eigenvalue weighted by Crippen LogP contribution is 2.23. The molecule has 0 saturated carbocycles. The Kier molecular flexibility index (Phi) is 6.65. The van der Waals surface area contributed by atoms with Gasteiger partial charge in [0.05, 0.1) is 36.6 Å². The van der Waals surface area contributed by atoms with Crippen LogP contribution in [-0.4, -0.2) is 74.2 Å². The summed E-state index contributed by atoms with van der Waals surface area (Å²) in [6.45, 7) is 16.4. The Morgan fingerprint density at radius 1 is 1.23 bits per heavy atom. The standard InChI is InChI=1S/C17H34N2O3/c1-13(8-17(5)12-18-9-14(2)22-17)20-7-6-19-10-15(3)21-16(4)11-19/h13-16,18H,6-12H2,1-5H3. The Hall–Kier alpha value is -0.200. The molecular weight excluding hydrogens is 280 g/mol. The summed E-state index contributed by atoms with van der Waals surface area (Å²) in [6.07, 6.45) is 2.07. The van der Waals surface area contributed by atoms with Crippen molar-refractivity contribution in [3.05, 3.63) is 0 Å². The van der Waals surface area contributed by atoms with Crippen LogP contribution in [0.15, 0.2) is 0 Å². The molecule has 0 bridgehead atoms. The van der Waals surface area contributed by atoms with E-state index in [4.69, 9.17) is 14.2 Å². The van der Waals surface area contributed by atoms with Crippen LogP contribution in [0.2, 0.25) is 0 Å². The van der Waals surface area contributed by atoms with Crippen molar-refractivity contribution < 1.29 is 14.2 Å². The topological polar surface area (TPSA) is 43.0 Å². The average Bonchev–Trinajstić information content (AvgIpc) is 2.36.